The van der Waals surface area contributed by atoms with E-state index in [1.807, 2.05) is 0 Å². The lowest BCUT2D eigenvalue weighted by Gasteiger charge is -2.12. The normalized spacial score (nSPS) is 12.2. The zero-order valence-corrected chi connectivity index (χ0v) is 12.0. The van der Waals surface area contributed by atoms with Crippen LogP contribution in [0.15, 0.2) is 24.3 Å². The van der Waals surface area contributed by atoms with Crippen LogP contribution in [0.5, 0.6) is 0 Å². The first-order chi connectivity index (χ1) is 10.1. The molecular formula is C13H14ClN3O4. The van der Waals surface area contributed by atoms with Crippen molar-refractivity contribution in [2.75, 3.05) is 7.11 Å². The molecule has 0 amide bonds. The number of nitrogens with zero attached hydrogens (tertiary/aromatic N) is 3. The summed E-state index contributed by atoms with van der Waals surface area (Å²) in [5, 5.41) is 27.5. The van der Waals surface area contributed by atoms with Crippen molar-refractivity contribution in [3.8, 4) is 0 Å². The summed E-state index contributed by atoms with van der Waals surface area (Å²) < 4.78 is 5.82. The maximum Gasteiger partial charge on any atom is 0.360 e. The van der Waals surface area contributed by atoms with Crippen LogP contribution < -0.4 is 0 Å². The maximum atomic E-state index is 11.5. The Morgan fingerprint density at radius 2 is 2.10 bits per heavy atom. The third-order valence-electron chi connectivity index (χ3n) is 2.97. The van der Waals surface area contributed by atoms with Gasteiger partial charge in [0.2, 0.25) is 0 Å². The lowest BCUT2D eigenvalue weighted by Crippen LogP contribution is -2.14. The molecule has 0 unspecified atom stereocenters. The molecule has 0 spiro atoms. The van der Waals surface area contributed by atoms with E-state index in [9.17, 15) is 15.0 Å². The van der Waals surface area contributed by atoms with Crippen molar-refractivity contribution in [3.63, 3.8) is 0 Å². The van der Waals surface area contributed by atoms with Gasteiger partial charge in [-0.3, -0.25) is 0 Å². The van der Waals surface area contributed by atoms with Crippen LogP contribution in [-0.2, 0) is 17.9 Å². The number of halogens is 1. The van der Waals surface area contributed by atoms with Gasteiger partial charge in [-0.1, -0.05) is 28.9 Å². The highest BCUT2D eigenvalue weighted by atomic mass is 35.5. The van der Waals surface area contributed by atoms with E-state index < -0.39 is 18.7 Å². The highest BCUT2D eigenvalue weighted by Gasteiger charge is 2.21. The van der Waals surface area contributed by atoms with Gasteiger partial charge >= 0.3 is 5.97 Å². The molecule has 1 atom stereocenters. The van der Waals surface area contributed by atoms with E-state index in [1.165, 1.54) is 11.8 Å². The number of hydrogen-bond acceptors (Lipinski definition) is 6. The van der Waals surface area contributed by atoms with E-state index in [1.54, 1.807) is 24.3 Å². The molecule has 0 bridgehead atoms. The number of carbonyl (C=O) groups is 1. The van der Waals surface area contributed by atoms with Gasteiger partial charge in [0.15, 0.2) is 5.69 Å². The van der Waals surface area contributed by atoms with Crippen LogP contribution in [-0.4, -0.2) is 38.3 Å². The predicted octanol–water partition coefficient (Wildman–Crippen LogP) is 0.944. The van der Waals surface area contributed by atoms with Gasteiger partial charge in [-0.25, -0.2) is 9.48 Å². The van der Waals surface area contributed by atoms with Gasteiger partial charge in [0.05, 0.1) is 32.1 Å². The summed E-state index contributed by atoms with van der Waals surface area (Å²) in [6.45, 7) is -0.397. The molecule has 112 valence electrons. The fraction of sp³-hybridized carbons (Fsp3) is 0.308. The lowest BCUT2D eigenvalue weighted by molar-refractivity contribution is 0.0589. The molecular weight excluding hydrogens is 298 g/mol. The number of aliphatic hydroxyl groups excluding tert-OH is 2. The van der Waals surface area contributed by atoms with Crippen molar-refractivity contribution in [2.45, 2.75) is 19.3 Å². The summed E-state index contributed by atoms with van der Waals surface area (Å²) in [7, 11) is 1.21. The number of benzene rings is 1. The predicted molar refractivity (Wildman–Crippen MR) is 73.7 cm³/mol. The SMILES string of the molecule is COC(=O)c1nnn(C[C@@H](O)c2ccc(Cl)cc2)c1CO. The fourth-order valence-corrected chi connectivity index (χ4v) is 1.97. The minimum absolute atomic E-state index is 0.0432. The molecule has 21 heavy (non-hydrogen) atoms. The van der Waals surface area contributed by atoms with Gasteiger partial charge in [-0.05, 0) is 17.7 Å². The Morgan fingerprint density at radius 1 is 1.43 bits per heavy atom. The smallest absolute Gasteiger partial charge is 0.360 e. The average Bonchev–Trinajstić information content (AvgIpc) is 2.89. The fourth-order valence-electron chi connectivity index (χ4n) is 1.85. The molecule has 2 aromatic rings. The van der Waals surface area contributed by atoms with E-state index in [2.05, 4.69) is 15.0 Å². The number of methoxy groups -OCH3 is 1. The molecule has 0 saturated carbocycles. The Hall–Kier alpha value is -1.96. The second-order valence-corrected chi connectivity index (χ2v) is 4.72. The molecule has 0 radical (unpaired) electrons. The van der Waals surface area contributed by atoms with Gasteiger partial charge < -0.3 is 14.9 Å². The number of aromatic nitrogens is 3. The van der Waals surface area contributed by atoms with Crippen LogP contribution in [0.25, 0.3) is 0 Å². The Bertz CT molecular complexity index is 627. The van der Waals surface area contributed by atoms with E-state index in [0.29, 0.717) is 10.6 Å². The number of aliphatic hydroxyl groups is 2. The van der Waals surface area contributed by atoms with E-state index in [0.717, 1.165) is 0 Å². The second kappa shape index (κ2) is 6.66. The summed E-state index contributed by atoms with van der Waals surface area (Å²) in [5.41, 5.74) is 0.761. The molecule has 2 N–H and O–H groups in total. The standard InChI is InChI=1S/C13H14ClN3O4/c1-21-13(20)12-10(7-18)17(16-15-12)6-11(19)8-2-4-9(14)5-3-8/h2-5,11,18-19H,6-7H2,1H3/t11-/m1/s1. The highest BCUT2D eigenvalue weighted by Crippen LogP contribution is 2.19. The molecule has 1 heterocycles. The van der Waals surface area contributed by atoms with E-state index in [4.69, 9.17) is 11.6 Å². The highest BCUT2D eigenvalue weighted by molar-refractivity contribution is 6.30. The lowest BCUT2D eigenvalue weighted by atomic mass is 10.1. The summed E-state index contributed by atoms with van der Waals surface area (Å²) in [6, 6.07) is 6.69. The van der Waals surface area contributed by atoms with Gasteiger partial charge in [0.1, 0.15) is 0 Å². The first-order valence-electron chi connectivity index (χ1n) is 6.12. The maximum absolute atomic E-state index is 11.5. The molecule has 0 fully saturated rings. The zero-order valence-electron chi connectivity index (χ0n) is 11.2. The summed E-state index contributed by atoms with van der Waals surface area (Å²) in [4.78, 5) is 11.5. The van der Waals surface area contributed by atoms with Crippen molar-refractivity contribution < 1.29 is 19.7 Å². The number of rotatable bonds is 5. The van der Waals surface area contributed by atoms with Crippen molar-refractivity contribution >= 4 is 17.6 Å². The van der Waals surface area contributed by atoms with Crippen LogP contribution in [0, 0.1) is 0 Å². The van der Waals surface area contributed by atoms with Crippen LogP contribution in [0.1, 0.15) is 27.8 Å². The number of esters is 1. The minimum Gasteiger partial charge on any atom is -0.464 e. The van der Waals surface area contributed by atoms with Gasteiger partial charge in [-0.2, -0.15) is 0 Å². The third kappa shape index (κ3) is 3.38. The number of hydrogen-bond donors (Lipinski definition) is 2. The van der Waals surface area contributed by atoms with E-state index in [-0.39, 0.29) is 17.9 Å². The Kier molecular flexibility index (Phi) is 4.89. The first-order valence-corrected chi connectivity index (χ1v) is 6.49. The number of carbonyl (C=O) groups excluding carboxylic acids is 1. The molecule has 0 saturated heterocycles. The Morgan fingerprint density at radius 3 is 2.67 bits per heavy atom. The summed E-state index contributed by atoms with van der Waals surface area (Å²) >= 11 is 5.78. The first kappa shape index (κ1) is 15.4. The van der Waals surface area contributed by atoms with Crippen molar-refractivity contribution in [1.82, 2.24) is 15.0 Å². The van der Waals surface area contributed by atoms with E-state index >= 15 is 0 Å². The molecule has 7 nitrogen and oxygen atoms in total. The summed E-state index contributed by atoms with van der Waals surface area (Å²) in [6.07, 6.45) is -0.875. The molecule has 1 aromatic carbocycles. The summed E-state index contributed by atoms with van der Waals surface area (Å²) in [5.74, 6) is -0.689. The van der Waals surface area contributed by atoms with Gasteiger partial charge in [-0.15, -0.1) is 5.10 Å². The minimum atomic E-state index is -0.875. The van der Waals surface area contributed by atoms with Crippen LogP contribution in [0.3, 0.4) is 0 Å². The topological polar surface area (TPSA) is 97.5 Å². The Balaban J connectivity index is 2.21. The van der Waals surface area contributed by atoms with Crippen LogP contribution >= 0.6 is 11.6 Å². The largest absolute Gasteiger partial charge is 0.464 e. The van der Waals surface area contributed by atoms with Crippen molar-refractivity contribution in [1.29, 1.82) is 0 Å². The van der Waals surface area contributed by atoms with Gasteiger partial charge in [0, 0.05) is 5.02 Å². The average molecular weight is 312 g/mol. The van der Waals surface area contributed by atoms with Crippen molar-refractivity contribution in [2.24, 2.45) is 0 Å². The van der Waals surface area contributed by atoms with Crippen LogP contribution in [0.4, 0.5) is 0 Å². The molecule has 2 rings (SSSR count). The molecule has 0 aliphatic heterocycles. The molecule has 8 heteroatoms. The Labute approximate surface area is 125 Å². The van der Waals surface area contributed by atoms with Crippen LogP contribution in [0.2, 0.25) is 5.02 Å². The third-order valence-corrected chi connectivity index (χ3v) is 3.22. The zero-order chi connectivity index (χ0) is 15.4. The quantitative estimate of drug-likeness (QED) is 0.798. The number of ether oxygens (including phenoxy) is 1. The molecule has 1 aromatic heterocycles. The molecule has 0 aliphatic rings. The van der Waals surface area contributed by atoms with Crippen molar-refractivity contribution in [3.05, 3.63) is 46.2 Å². The second-order valence-electron chi connectivity index (χ2n) is 4.28. The van der Waals surface area contributed by atoms with Gasteiger partial charge in [0.25, 0.3) is 0 Å². The molecule has 0 aliphatic carbocycles. The monoisotopic (exact) mass is 311 g/mol.